The normalized spacial score (nSPS) is 25.5. The highest BCUT2D eigenvalue weighted by Crippen LogP contribution is 2.34. The second-order valence-corrected chi connectivity index (χ2v) is 4.80. The Hall–Kier alpha value is -0.840. The van der Waals surface area contributed by atoms with Crippen LogP contribution in [0.4, 0.5) is 0 Å². The molecule has 2 rings (SSSR count). The van der Waals surface area contributed by atoms with Crippen LogP contribution >= 0.6 is 0 Å². The summed E-state index contributed by atoms with van der Waals surface area (Å²) in [4.78, 5) is 0. The maximum Gasteiger partial charge on any atom is 0.129 e. The summed E-state index contributed by atoms with van der Waals surface area (Å²) in [5.74, 6) is 2.35. The van der Waals surface area contributed by atoms with E-state index in [1.165, 1.54) is 0 Å². The Balaban J connectivity index is 2.12. The maximum absolute atomic E-state index is 5.86. The second-order valence-electron chi connectivity index (χ2n) is 4.80. The van der Waals surface area contributed by atoms with Gasteiger partial charge in [0.25, 0.3) is 0 Å². The van der Waals surface area contributed by atoms with Gasteiger partial charge in [0, 0.05) is 19.6 Å². The fraction of sp³-hybridized carbons (Fsp3) is 0.714. The molecule has 3 unspecified atom stereocenters. The van der Waals surface area contributed by atoms with Crippen LogP contribution in [-0.2, 0) is 16.1 Å². The lowest BCUT2D eigenvalue weighted by Gasteiger charge is -2.24. The quantitative estimate of drug-likeness (QED) is 0.846. The minimum atomic E-state index is 0.234. The molecule has 0 aliphatic carbocycles. The average molecular weight is 253 g/mol. The monoisotopic (exact) mass is 253 g/mol. The van der Waals surface area contributed by atoms with Crippen molar-refractivity contribution >= 4 is 0 Å². The zero-order chi connectivity index (χ0) is 13.0. The van der Waals surface area contributed by atoms with Gasteiger partial charge in [0.2, 0.25) is 0 Å². The Labute approximate surface area is 109 Å². The largest absolute Gasteiger partial charge is 0.462 e. The molecule has 3 atom stereocenters. The smallest absolute Gasteiger partial charge is 0.129 e. The lowest BCUT2D eigenvalue weighted by atomic mass is 9.92. The van der Waals surface area contributed by atoms with E-state index >= 15 is 0 Å². The minimum absolute atomic E-state index is 0.234. The molecule has 4 nitrogen and oxygen atoms in total. The molecule has 1 saturated heterocycles. The summed E-state index contributed by atoms with van der Waals surface area (Å²) in [6, 6.07) is 4.27. The highest BCUT2D eigenvalue weighted by Gasteiger charge is 2.34. The maximum atomic E-state index is 5.86. The van der Waals surface area contributed by atoms with Crippen molar-refractivity contribution in [3.8, 4) is 0 Å². The van der Waals surface area contributed by atoms with Crippen molar-refractivity contribution in [3.05, 3.63) is 23.7 Å². The number of rotatable bonds is 6. The van der Waals surface area contributed by atoms with E-state index in [1.54, 1.807) is 7.11 Å². The molecule has 102 valence electrons. The van der Waals surface area contributed by atoms with Gasteiger partial charge in [0.15, 0.2) is 0 Å². The van der Waals surface area contributed by atoms with Crippen molar-refractivity contribution in [1.82, 2.24) is 5.32 Å². The minimum Gasteiger partial charge on any atom is -0.462 e. The summed E-state index contributed by atoms with van der Waals surface area (Å²) in [6.45, 7) is 6.55. The molecular weight excluding hydrogens is 230 g/mol. The van der Waals surface area contributed by atoms with Gasteiger partial charge in [-0.05, 0) is 32.0 Å². The molecule has 0 saturated carbocycles. The van der Waals surface area contributed by atoms with Crippen LogP contribution < -0.4 is 5.32 Å². The van der Waals surface area contributed by atoms with E-state index in [-0.39, 0.29) is 12.1 Å². The van der Waals surface area contributed by atoms with E-state index in [2.05, 4.69) is 19.2 Å². The molecule has 1 aliphatic heterocycles. The van der Waals surface area contributed by atoms with Gasteiger partial charge in [-0.1, -0.05) is 6.92 Å². The van der Waals surface area contributed by atoms with Gasteiger partial charge in [0.05, 0.1) is 12.1 Å². The highest BCUT2D eigenvalue weighted by molar-refractivity contribution is 5.12. The Bertz CT molecular complexity index is 364. The summed E-state index contributed by atoms with van der Waals surface area (Å²) < 4.78 is 16.6. The zero-order valence-corrected chi connectivity index (χ0v) is 11.4. The lowest BCUT2D eigenvalue weighted by molar-refractivity contribution is 0.0917. The first-order valence-electron chi connectivity index (χ1n) is 6.68. The molecule has 1 aromatic rings. The van der Waals surface area contributed by atoms with E-state index in [1.807, 2.05) is 12.1 Å². The number of nitrogens with one attached hydrogen (secondary N) is 1. The SMILES string of the molecule is CCNC(c1ccc(COC)o1)C1CCOC1C. The van der Waals surface area contributed by atoms with E-state index in [9.17, 15) is 0 Å². The van der Waals surface area contributed by atoms with Crippen molar-refractivity contribution in [2.45, 2.75) is 39.0 Å². The number of hydrogen-bond donors (Lipinski definition) is 1. The lowest BCUT2D eigenvalue weighted by Crippen LogP contribution is -2.31. The molecule has 1 aromatic heterocycles. The molecule has 4 heteroatoms. The Morgan fingerprint density at radius 1 is 1.50 bits per heavy atom. The van der Waals surface area contributed by atoms with Gasteiger partial charge in [-0.25, -0.2) is 0 Å². The van der Waals surface area contributed by atoms with Crippen molar-refractivity contribution < 1.29 is 13.9 Å². The average Bonchev–Trinajstić information content (AvgIpc) is 2.96. The molecule has 1 aliphatic rings. The molecule has 0 aromatic carbocycles. The summed E-state index contributed by atoms with van der Waals surface area (Å²) in [5, 5.41) is 3.51. The first-order valence-corrected chi connectivity index (χ1v) is 6.68. The van der Waals surface area contributed by atoms with Crippen molar-refractivity contribution in [1.29, 1.82) is 0 Å². The van der Waals surface area contributed by atoms with Crippen LogP contribution in [0.25, 0.3) is 0 Å². The van der Waals surface area contributed by atoms with Crippen LogP contribution in [0.1, 0.15) is 37.8 Å². The second kappa shape index (κ2) is 6.36. The first-order chi connectivity index (χ1) is 8.76. The van der Waals surface area contributed by atoms with Crippen LogP contribution in [0.5, 0.6) is 0 Å². The summed E-state index contributed by atoms with van der Waals surface area (Å²) in [6.07, 6.45) is 1.36. The van der Waals surface area contributed by atoms with E-state index in [0.717, 1.165) is 31.1 Å². The first kappa shape index (κ1) is 13.6. The van der Waals surface area contributed by atoms with Crippen LogP contribution in [0.3, 0.4) is 0 Å². The van der Waals surface area contributed by atoms with Crippen LogP contribution in [0.2, 0.25) is 0 Å². The van der Waals surface area contributed by atoms with E-state index in [0.29, 0.717) is 12.5 Å². The van der Waals surface area contributed by atoms with Gasteiger partial charge >= 0.3 is 0 Å². The van der Waals surface area contributed by atoms with E-state index in [4.69, 9.17) is 13.9 Å². The topological polar surface area (TPSA) is 43.6 Å². The molecule has 1 N–H and O–H groups in total. The number of furan rings is 1. The van der Waals surface area contributed by atoms with Gasteiger partial charge in [-0.15, -0.1) is 0 Å². The van der Waals surface area contributed by atoms with Gasteiger partial charge in [-0.3, -0.25) is 0 Å². The van der Waals surface area contributed by atoms with Crippen LogP contribution in [0, 0.1) is 5.92 Å². The Morgan fingerprint density at radius 2 is 2.33 bits per heavy atom. The molecule has 2 heterocycles. The zero-order valence-electron chi connectivity index (χ0n) is 11.4. The van der Waals surface area contributed by atoms with Crippen molar-refractivity contribution in [2.75, 3.05) is 20.3 Å². The molecule has 0 radical (unpaired) electrons. The fourth-order valence-electron chi connectivity index (χ4n) is 2.65. The molecule has 18 heavy (non-hydrogen) atoms. The van der Waals surface area contributed by atoms with E-state index < -0.39 is 0 Å². The Kier molecular flexibility index (Phi) is 4.80. The predicted molar refractivity (Wildman–Crippen MR) is 69.4 cm³/mol. The molecule has 1 fully saturated rings. The number of ether oxygens (including phenoxy) is 2. The van der Waals surface area contributed by atoms with Gasteiger partial charge < -0.3 is 19.2 Å². The third kappa shape index (κ3) is 2.94. The van der Waals surface area contributed by atoms with Gasteiger partial charge in [-0.2, -0.15) is 0 Å². The molecule has 0 bridgehead atoms. The fourth-order valence-corrected chi connectivity index (χ4v) is 2.65. The van der Waals surface area contributed by atoms with Crippen LogP contribution in [0.15, 0.2) is 16.5 Å². The standard InChI is InChI=1S/C14H23NO3/c1-4-15-14(12-7-8-17-10(12)2)13-6-5-11(18-13)9-16-3/h5-6,10,12,14-15H,4,7-9H2,1-3H3. The highest BCUT2D eigenvalue weighted by atomic mass is 16.5. The molecule has 0 amide bonds. The number of methoxy groups -OCH3 is 1. The summed E-state index contributed by atoms with van der Waals surface area (Å²) >= 11 is 0. The van der Waals surface area contributed by atoms with Crippen molar-refractivity contribution in [2.24, 2.45) is 5.92 Å². The summed E-state index contributed by atoms with van der Waals surface area (Å²) in [5.41, 5.74) is 0. The third-order valence-corrected chi connectivity index (χ3v) is 3.56. The number of hydrogen-bond acceptors (Lipinski definition) is 4. The van der Waals surface area contributed by atoms with Crippen LogP contribution in [-0.4, -0.2) is 26.4 Å². The third-order valence-electron chi connectivity index (χ3n) is 3.56. The molecular formula is C14H23NO3. The Morgan fingerprint density at radius 3 is 2.94 bits per heavy atom. The summed E-state index contributed by atoms with van der Waals surface area (Å²) in [7, 11) is 1.68. The van der Waals surface area contributed by atoms with Gasteiger partial charge in [0.1, 0.15) is 18.1 Å². The van der Waals surface area contributed by atoms with Crippen molar-refractivity contribution in [3.63, 3.8) is 0 Å². The molecule has 0 spiro atoms. The predicted octanol–water partition coefficient (Wildman–Crippen LogP) is 2.50.